The average molecular weight is 220 g/mol. The molecule has 1 atom stereocenters. The molecule has 0 spiro atoms. The standard InChI is InChI=1S/C12H26ClN/c1-2-7-12(9-6-10-13)8-4-3-5-11-14/h12H,2-11,14H2,1H3. The predicted octanol–water partition coefficient (Wildman–Crippen LogP) is 3.94. The van der Waals surface area contributed by atoms with E-state index in [-0.39, 0.29) is 0 Å². The molecule has 0 bridgehead atoms. The van der Waals surface area contributed by atoms with Gasteiger partial charge >= 0.3 is 0 Å². The molecule has 0 aromatic heterocycles. The lowest BCUT2D eigenvalue weighted by Crippen LogP contribution is -2.02. The summed E-state index contributed by atoms with van der Waals surface area (Å²) in [5.41, 5.74) is 5.47. The van der Waals surface area contributed by atoms with Gasteiger partial charge in [-0.1, -0.05) is 39.0 Å². The lowest BCUT2D eigenvalue weighted by molar-refractivity contribution is 0.394. The fraction of sp³-hybridized carbons (Fsp3) is 1.00. The van der Waals surface area contributed by atoms with Crippen LogP contribution < -0.4 is 5.73 Å². The number of unbranched alkanes of at least 4 members (excludes halogenated alkanes) is 2. The Hall–Kier alpha value is 0.250. The molecule has 2 N–H and O–H groups in total. The van der Waals surface area contributed by atoms with Crippen LogP contribution in [0.5, 0.6) is 0 Å². The van der Waals surface area contributed by atoms with Gasteiger partial charge in [0.05, 0.1) is 0 Å². The van der Waals surface area contributed by atoms with Gasteiger partial charge in [-0.25, -0.2) is 0 Å². The van der Waals surface area contributed by atoms with Gasteiger partial charge in [0.2, 0.25) is 0 Å². The normalized spacial score (nSPS) is 13.1. The third-order valence-corrected chi connectivity index (χ3v) is 3.03. The molecule has 0 aliphatic rings. The van der Waals surface area contributed by atoms with E-state index in [0.29, 0.717) is 0 Å². The van der Waals surface area contributed by atoms with Crippen LogP contribution in [-0.4, -0.2) is 12.4 Å². The van der Waals surface area contributed by atoms with Crippen molar-refractivity contribution < 1.29 is 0 Å². The van der Waals surface area contributed by atoms with Gasteiger partial charge in [0.1, 0.15) is 0 Å². The Kier molecular flexibility index (Phi) is 11.5. The number of halogens is 1. The van der Waals surface area contributed by atoms with E-state index in [9.17, 15) is 0 Å². The van der Waals surface area contributed by atoms with Gasteiger partial charge in [0.25, 0.3) is 0 Å². The van der Waals surface area contributed by atoms with Crippen molar-refractivity contribution >= 4 is 11.6 Å². The van der Waals surface area contributed by atoms with E-state index in [2.05, 4.69) is 6.92 Å². The van der Waals surface area contributed by atoms with Crippen molar-refractivity contribution in [2.75, 3.05) is 12.4 Å². The summed E-state index contributed by atoms with van der Waals surface area (Å²) in [5, 5.41) is 0. The van der Waals surface area contributed by atoms with Gasteiger partial charge in [-0.2, -0.15) is 0 Å². The zero-order valence-electron chi connectivity index (χ0n) is 9.60. The van der Waals surface area contributed by atoms with E-state index in [1.54, 1.807) is 0 Å². The van der Waals surface area contributed by atoms with Gasteiger partial charge in [0.15, 0.2) is 0 Å². The Bertz CT molecular complexity index is 106. The summed E-state index contributed by atoms with van der Waals surface area (Å²) >= 11 is 5.71. The number of nitrogens with two attached hydrogens (primary N) is 1. The number of alkyl halides is 1. The van der Waals surface area contributed by atoms with Crippen LogP contribution in [0.15, 0.2) is 0 Å². The Morgan fingerprint density at radius 3 is 2.29 bits per heavy atom. The zero-order chi connectivity index (χ0) is 10.6. The second-order valence-electron chi connectivity index (χ2n) is 4.12. The summed E-state index contributed by atoms with van der Waals surface area (Å²) in [6, 6.07) is 0. The first-order chi connectivity index (χ1) is 6.85. The number of hydrogen-bond donors (Lipinski definition) is 1. The molecule has 14 heavy (non-hydrogen) atoms. The Morgan fingerprint density at radius 1 is 1.00 bits per heavy atom. The van der Waals surface area contributed by atoms with Crippen molar-refractivity contribution in [1.29, 1.82) is 0 Å². The molecule has 1 nitrogen and oxygen atoms in total. The second kappa shape index (κ2) is 11.3. The molecular formula is C12H26ClN. The minimum absolute atomic E-state index is 0.822. The topological polar surface area (TPSA) is 26.0 Å². The predicted molar refractivity (Wildman–Crippen MR) is 65.9 cm³/mol. The summed E-state index contributed by atoms with van der Waals surface area (Å²) in [6.07, 6.45) is 10.4. The third kappa shape index (κ3) is 8.83. The van der Waals surface area contributed by atoms with Crippen LogP contribution in [0.25, 0.3) is 0 Å². The molecule has 0 fully saturated rings. The Morgan fingerprint density at radius 2 is 1.71 bits per heavy atom. The van der Waals surface area contributed by atoms with Gasteiger partial charge < -0.3 is 5.73 Å². The first kappa shape index (κ1) is 14.2. The highest BCUT2D eigenvalue weighted by Crippen LogP contribution is 2.20. The minimum Gasteiger partial charge on any atom is -0.330 e. The lowest BCUT2D eigenvalue weighted by atomic mass is 9.92. The van der Waals surface area contributed by atoms with E-state index >= 15 is 0 Å². The van der Waals surface area contributed by atoms with Crippen molar-refractivity contribution in [1.82, 2.24) is 0 Å². The van der Waals surface area contributed by atoms with E-state index in [0.717, 1.165) is 18.3 Å². The van der Waals surface area contributed by atoms with Crippen molar-refractivity contribution in [3.8, 4) is 0 Å². The monoisotopic (exact) mass is 219 g/mol. The third-order valence-electron chi connectivity index (χ3n) is 2.76. The molecule has 0 heterocycles. The maximum absolute atomic E-state index is 5.71. The van der Waals surface area contributed by atoms with Gasteiger partial charge in [0, 0.05) is 5.88 Å². The summed E-state index contributed by atoms with van der Waals surface area (Å²) in [7, 11) is 0. The minimum atomic E-state index is 0.822. The highest BCUT2D eigenvalue weighted by Gasteiger charge is 2.06. The smallest absolute Gasteiger partial charge is 0.0223 e. The summed E-state index contributed by atoms with van der Waals surface area (Å²) in [4.78, 5) is 0. The van der Waals surface area contributed by atoms with Crippen molar-refractivity contribution in [2.24, 2.45) is 11.7 Å². The molecule has 2 heteroatoms. The number of rotatable bonds is 10. The molecule has 0 saturated carbocycles. The average Bonchev–Trinajstić information content (AvgIpc) is 2.20. The van der Waals surface area contributed by atoms with Gasteiger partial charge in [-0.05, 0) is 31.7 Å². The molecule has 86 valence electrons. The van der Waals surface area contributed by atoms with Crippen LogP contribution >= 0.6 is 11.6 Å². The summed E-state index contributed by atoms with van der Waals surface area (Å²) in [6.45, 7) is 3.12. The molecule has 0 saturated heterocycles. The molecule has 1 unspecified atom stereocenters. The second-order valence-corrected chi connectivity index (χ2v) is 4.50. The van der Waals surface area contributed by atoms with Gasteiger partial charge in [-0.3, -0.25) is 0 Å². The zero-order valence-corrected chi connectivity index (χ0v) is 10.4. The Balaban J connectivity index is 3.40. The molecule has 0 aromatic carbocycles. The quantitative estimate of drug-likeness (QED) is 0.437. The van der Waals surface area contributed by atoms with Crippen LogP contribution in [0.2, 0.25) is 0 Å². The molecule has 0 aliphatic carbocycles. The summed E-state index contributed by atoms with van der Waals surface area (Å²) in [5.74, 6) is 1.74. The highest BCUT2D eigenvalue weighted by molar-refractivity contribution is 6.17. The van der Waals surface area contributed by atoms with Crippen LogP contribution in [0.4, 0.5) is 0 Å². The van der Waals surface area contributed by atoms with Crippen LogP contribution in [0.3, 0.4) is 0 Å². The SMILES string of the molecule is CCCC(CCCCl)CCCCCN. The molecule has 0 radical (unpaired) electrons. The van der Waals surface area contributed by atoms with Crippen molar-refractivity contribution in [3.05, 3.63) is 0 Å². The Labute approximate surface area is 94.4 Å². The maximum Gasteiger partial charge on any atom is 0.0223 e. The maximum atomic E-state index is 5.71. The lowest BCUT2D eigenvalue weighted by Gasteiger charge is -2.14. The fourth-order valence-electron chi connectivity index (χ4n) is 1.96. The first-order valence-corrected chi connectivity index (χ1v) is 6.64. The van der Waals surface area contributed by atoms with Crippen molar-refractivity contribution in [3.63, 3.8) is 0 Å². The largest absolute Gasteiger partial charge is 0.330 e. The van der Waals surface area contributed by atoms with E-state index in [4.69, 9.17) is 17.3 Å². The van der Waals surface area contributed by atoms with Crippen LogP contribution in [-0.2, 0) is 0 Å². The fourth-order valence-corrected chi connectivity index (χ4v) is 2.12. The van der Waals surface area contributed by atoms with Crippen LogP contribution in [0, 0.1) is 5.92 Å². The van der Waals surface area contributed by atoms with Gasteiger partial charge in [-0.15, -0.1) is 11.6 Å². The molecule has 0 aromatic rings. The molecule has 0 rings (SSSR count). The molecular weight excluding hydrogens is 194 g/mol. The van der Waals surface area contributed by atoms with E-state index in [1.165, 1.54) is 51.4 Å². The highest BCUT2D eigenvalue weighted by atomic mass is 35.5. The first-order valence-electron chi connectivity index (χ1n) is 6.11. The number of hydrogen-bond acceptors (Lipinski definition) is 1. The van der Waals surface area contributed by atoms with E-state index in [1.807, 2.05) is 0 Å². The van der Waals surface area contributed by atoms with Crippen molar-refractivity contribution in [2.45, 2.75) is 58.3 Å². The molecule has 0 aliphatic heterocycles. The molecule has 0 amide bonds. The van der Waals surface area contributed by atoms with Crippen LogP contribution in [0.1, 0.15) is 58.3 Å². The van der Waals surface area contributed by atoms with E-state index < -0.39 is 0 Å². The summed E-state index contributed by atoms with van der Waals surface area (Å²) < 4.78 is 0.